The number of benzene rings is 2. The first-order valence-corrected chi connectivity index (χ1v) is 8.55. The molecule has 0 heterocycles. The number of carbonyl (C=O) groups excluding carboxylic acids is 3. The van der Waals surface area contributed by atoms with Crippen molar-refractivity contribution in [2.24, 2.45) is 0 Å². The fraction of sp³-hybridized carbons (Fsp3) is 0.211. The van der Waals surface area contributed by atoms with Crippen molar-refractivity contribution in [1.29, 1.82) is 0 Å². The van der Waals surface area contributed by atoms with Crippen molar-refractivity contribution in [1.82, 2.24) is 0 Å². The Balaban J connectivity index is 2.82. The Morgan fingerprint density at radius 3 is 1.28 bits per heavy atom. The summed E-state index contributed by atoms with van der Waals surface area (Å²) in [4.78, 5) is 58.4. The quantitative estimate of drug-likeness (QED) is 0.251. The molecule has 0 N–H and O–H groups in total. The van der Waals surface area contributed by atoms with Gasteiger partial charge in [-0.25, -0.2) is 9.59 Å². The zero-order valence-corrected chi connectivity index (χ0v) is 17.2. The molecule has 0 bridgehead atoms. The van der Waals surface area contributed by atoms with E-state index in [-0.39, 0.29) is 11.1 Å². The molecule has 168 valence electrons. The molecule has 0 unspecified atom stereocenters. The summed E-state index contributed by atoms with van der Waals surface area (Å²) in [7, 11) is 4.23. The predicted molar refractivity (Wildman–Crippen MR) is 105 cm³/mol. The summed E-state index contributed by atoms with van der Waals surface area (Å²) in [5.41, 5.74) is -3.02. The third-order valence-electron chi connectivity index (χ3n) is 4.28. The van der Waals surface area contributed by atoms with Gasteiger partial charge in [-0.3, -0.25) is 25.0 Å². The van der Waals surface area contributed by atoms with Crippen LogP contribution in [0.1, 0.15) is 36.6 Å². The first-order chi connectivity index (χ1) is 15.1. The number of ether oxygens (including phenoxy) is 4. The highest BCUT2D eigenvalue weighted by Crippen LogP contribution is 2.36. The summed E-state index contributed by atoms with van der Waals surface area (Å²) in [6.45, 7) is 0. The molecule has 0 fully saturated rings. The van der Waals surface area contributed by atoms with Crippen molar-refractivity contribution < 1.29 is 43.2 Å². The third kappa shape index (κ3) is 4.30. The van der Waals surface area contributed by atoms with Gasteiger partial charge in [-0.2, -0.15) is 0 Å². The van der Waals surface area contributed by atoms with Gasteiger partial charge in [0.1, 0.15) is 11.1 Å². The normalized spacial score (nSPS) is 10.1. The standard InChI is InChI=1S/C19H16N2O11/c1-29-16-11(18(23)31-3)5-9(7-13(16)20(25)26)15(22)10-6-12(19(24)32-4)17(30-2)14(8-10)21(27)28/h5-8H,1-4H3. The number of methoxy groups -OCH3 is 4. The second-order valence-corrected chi connectivity index (χ2v) is 5.98. The maximum absolute atomic E-state index is 13.1. The van der Waals surface area contributed by atoms with E-state index in [2.05, 4.69) is 9.47 Å². The maximum Gasteiger partial charge on any atom is 0.341 e. The van der Waals surface area contributed by atoms with Gasteiger partial charge in [0.05, 0.1) is 38.3 Å². The minimum Gasteiger partial charge on any atom is -0.490 e. The molecule has 32 heavy (non-hydrogen) atoms. The third-order valence-corrected chi connectivity index (χ3v) is 4.28. The van der Waals surface area contributed by atoms with Crippen molar-refractivity contribution in [3.05, 3.63) is 66.7 Å². The number of esters is 2. The van der Waals surface area contributed by atoms with Gasteiger partial charge in [0.25, 0.3) is 0 Å². The molecule has 0 aliphatic rings. The molecule has 0 aliphatic heterocycles. The number of nitro benzene ring substituents is 2. The minimum absolute atomic E-state index is 0.381. The number of nitrogens with zero attached hydrogens (tertiary/aromatic N) is 2. The Kier molecular flexibility index (Phi) is 7.05. The summed E-state index contributed by atoms with van der Waals surface area (Å²) in [6.07, 6.45) is 0. The van der Waals surface area contributed by atoms with Gasteiger partial charge in [-0.1, -0.05) is 0 Å². The van der Waals surface area contributed by atoms with Gasteiger partial charge in [0.2, 0.25) is 11.5 Å². The lowest BCUT2D eigenvalue weighted by Crippen LogP contribution is -2.12. The van der Waals surface area contributed by atoms with E-state index in [1.807, 2.05) is 0 Å². The Morgan fingerprint density at radius 2 is 1.03 bits per heavy atom. The van der Waals surface area contributed by atoms with Crippen LogP contribution < -0.4 is 9.47 Å². The molecule has 0 amide bonds. The number of nitro groups is 2. The number of carbonyl (C=O) groups is 3. The number of ketones is 1. The first kappa shape index (κ1) is 23.7. The molecule has 2 aromatic rings. The van der Waals surface area contributed by atoms with Gasteiger partial charge in [0.15, 0.2) is 5.78 Å². The fourth-order valence-electron chi connectivity index (χ4n) is 2.88. The zero-order chi connectivity index (χ0) is 24.2. The average molecular weight is 448 g/mol. The van der Waals surface area contributed by atoms with E-state index in [4.69, 9.17) is 9.47 Å². The average Bonchev–Trinajstić information content (AvgIpc) is 2.80. The van der Waals surface area contributed by atoms with Crippen LogP contribution in [0, 0.1) is 20.2 Å². The van der Waals surface area contributed by atoms with E-state index in [0.29, 0.717) is 0 Å². The summed E-state index contributed by atoms with van der Waals surface area (Å²) >= 11 is 0. The van der Waals surface area contributed by atoms with Gasteiger partial charge in [0, 0.05) is 23.3 Å². The highest BCUT2D eigenvalue weighted by molar-refractivity contribution is 6.12. The second kappa shape index (κ2) is 9.51. The van der Waals surface area contributed by atoms with Crippen LogP contribution in [-0.2, 0) is 9.47 Å². The molecular formula is C19H16N2O11. The predicted octanol–water partition coefficient (Wildman–Crippen LogP) is 2.32. The Hall–Kier alpha value is -4.55. The van der Waals surface area contributed by atoms with E-state index in [0.717, 1.165) is 52.7 Å². The lowest BCUT2D eigenvalue weighted by Gasteiger charge is -2.12. The Bertz CT molecular complexity index is 1050. The minimum atomic E-state index is -1.02. The van der Waals surface area contributed by atoms with Gasteiger partial charge in [-0.15, -0.1) is 0 Å². The largest absolute Gasteiger partial charge is 0.490 e. The Morgan fingerprint density at radius 1 is 0.688 bits per heavy atom. The van der Waals surface area contributed by atoms with Crippen LogP contribution in [0.25, 0.3) is 0 Å². The van der Waals surface area contributed by atoms with Gasteiger partial charge >= 0.3 is 23.3 Å². The molecule has 2 rings (SSSR count). The number of hydrogen-bond acceptors (Lipinski definition) is 11. The fourth-order valence-corrected chi connectivity index (χ4v) is 2.88. The van der Waals surface area contributed by atoms with Gasteiger partial charge < -0.3 is 18.9 Å². The monoisotopic (exact) mass is 448 g/mol. The molecule has 0 radical (unpaired) electrons. The van der Waals surface area contributed by atoms with Crippen LogP contribution >= 0.6 is 0 Å². The number of rotatable bonds is 8. The molecule has 0 saturated heterocycles. The van der Waals surface area contributed by atoms with Crippen molar-refractivity contribution in [2.75, 3.05) is 28.4 Å². The summed E-state index contributed by atoms with van der Waals surface area (Å²) in [6, 6.07) is 3.63. The lowest BCUT2D eigenvalue weighted by molar-refractivity contribution is -0.385. The molecule has 13 nitrogen and oxygen atoms in total. The molecule has 13 heteroatoms. The summed E-state index contributed by atoms with van der Waals surface area (Å²) < 4.78 is 19.0. The second-order valence-electron chi connectivity index (χ2n) is 5.98. The molecular weight excluding hydrogens is 432 g/mol. The van der Waals surface area contributed by atoms with Crippen molar-refractivity contribution in [2.45, 2.75) is 0 Å². The zero-order valence-electron chi connectivity index (χ0n) is 17.2. The molecule has 0 aromatic heterocycles. The van der Waals surface area contributed by atoms with Gasteiger partial charge in [-0.05, 0) is 12.1 Å². The smallest absolute Gasteiger partial charge is 0.341 e. The summed E-state index contributed by atoms with van der Waals surface area (Å²) in [5, 5.41) is 22.9. The van der Waals surface area contributed by atoms with Crippen molar-refractivity contribution >= 4 is 29.1 Å². The summed E-state index contributed by atoms with van der Waals surface area (Å²) in [5.74, 6) is -3.87. The SMILES string of the molecule is COC(=O)c1cc(C(=O)c2cc(C(=O)OC)c(OC)c([N+](=O)[O-])c2)cc([N+](=O)[O-])c1OC. The van der Waals surface area contributed by atoms with Crippen LogP contribution in [0.3, 0.4) is 0 Å². The van der Waals surface area contributed by atoms with Crippen LogP contribution in [-0.4, -0.2) is 56.0 Å². The first-order valence-electron chi connectivity index (χ1n) is 8.55. The van der Waals surface area contributed by atoms with Crippen molar-refractivity contribution in [3.8, 4) is 11.5 Å². The molecule has 2 aromatic carbocycles. The molecule has 0 aliphatic carbocycles. The molecule has 0 saturated carbocycles. The highest BCUT2D eigenvalue weighted by Gasteiger charge is 2.30. The molecule has 0 spiro atoms. The van der Waals surface area contributed by atoms with E-state index in [1.54, 1.807) is 0 Å². The van der Waals surface area contributed by atoms with E-state index < -0.39 is 61.6 Å². The topological polar surface area (TPSA) is 174 Å². The van der Waals surface area contributed by atoms with Crippen LogP contribution in [0.5, 0.6) is 11.5 Å². The van der Waals surface area contributed by atoms with E-state index in [1.165, 1.54) is 0 Å². The van der Waals surface area contributed by atoms with E-state index in [9.17, 15) is 34.6 Å². The van der Waals surface area contributed by atoms with Crippen molar-refractivity contribution in [3.63, 3.8) is 0 Å². The Labute approximate surface area is 179 Å². The van der Waals surface area contributed by atoms with E-state index >= 15 is 0 Å². The maximum atomic E-state index is 13.1. The van der Waals surface area contributed by atoms with Crippen LogP contribution in [0.15, 0.2) is 24.3 Å². The van der Waals surface area contributed by atoms with Crippen LogP contribution in [0.4, 0.5) is 11.4 Å². The molecule has 0 atom stereocenters. The highest BCUT2D eigenvalue weighted by atomic mass is 16.6. The van der Waals surface area contributed by atoms with Crippen LogP contribution in [0.2, 0.25) is 0 Å². The number of hydrogen-bond donors (Lipinski definition) is 0. The lowest BCUT2D eigenvalue weighted by atomic mass is 9.97.